The zero-order chi connectivity index (χ0) is 27.9. The van der Waals surface area contributed by atoms with Crippen molar-refractivity contribution in [3.05, 3.63) is 130 Å². The van der Waals surface area contributed by atoms with Crippen molar-refractivity contribution in [3.63, 3.8) is 0 Å². The van der Waals surface area contributed by atoms with Gasteiger partial charge in [-0.1, -0.05) is 78.9 Å². The summed E-state index contributed by atoms with van der Waals surface area (Å²) in [7, 11) is 1.44. The number of fused-ring (bicyclic) bond motifs is 1. The number of rotatable bonds is 9. The van der Waals surface area contributed by atoms with Gasteiger partial charge in [0.2, 0.25) is 0 Å². The van der Waals surface area contributed by atoms with Crippen LogP contribution < -0.4 is 14.9 Å². The number of aromatic nitrogens is 1. The lowest BCUT2D eigenvalue weighted by Gasteiger charge is -2.12. The van der Waals surface area contributed by atoms with E-state index in [-0.39, 0.29) is 23.6 Å². The minimum atomic E-state index is -0.541. The maximum Gasteiger partial charge on any atom is 0.282 e. The van der Waals surface area contributed by atoms with Crippen LogP contribution in [0.1, 0.15) is 21.5 Å². The standard InChI is InChI=1S/C31H24N4O5/c1-39-29-16-23(28(35(37)38)18-30(29)40-20-21-10-4-2-5-11-21)19-32-34-31(36)25-17-27(22-12-6-3-7-13-22)33-26-15-9-8-14-24(25)26/h2-19H,20H2,1H3,(H,34,36)/b32-19+. The first kappa shape index (κ1) is 26.1. The van der Waals surface area contributed by atoms with Crippen LogP contribution in [0.3, 0.4) is 0 Å². The highest BCUT2D eigenvalue weighted by atomic mass is 16.6. The van der Waals surface area contributed by atoms with Crippen LogP contribution in [0.2, 0.25) is 0 Å². The molecule has 9 nitrogen and oxygen atoms in total. The summed E-state index contributed by atoms with van der Waals surface area (Å²) in [6, 6.07) is 30.7. The van der Waals surface area contributed by atoms with Gasteiger partial charge in [0.25, 0.3) is 11.6 Å². The van der Waals surface area contributed by atoms with E-state index in [1.807, 2.05) is 78.9 Å². The first-order chi connectivity index (χ1) is 19.5. The number of nitro groups is 1. The minimum absolute atomic E-state index is 0.138. The second kappa shape index (κ2) is 11.9. The Labute approximate surface area is 229 Å². The summed E-state index contributed by atoms with van der Waals surface area (Å²) >= 11 is 0. The van der Waals surface area contributed by atoms with Crippen LogP contribution in [-0.2, 0) is 6.61 Å². The third-order valence-electron chi connectivity index (χ3n) is 6.15. The maximum atomic E-state index is 13.2. The molecule has 5 aromatic rings. The Hall–Kier alpha value is -5.57. The molecule has 1 N–H and O–H groups in total. The van der Waals surface area contributed by atoms with Gasteiger partial charge in [-0.05, 0) is 23.8 Å². The Balaban J connectivity index is 1.41. The van der Waals surface area contributed by atoms with Crippen LogP contribution in [0, 0.1) is 10.1 Å². The SMILES string of the molecule is COc1cc(/C=N/NC(=O)c2cc(-c3ccccc3)nc3ccccc23)c([N+](=O)[O-])cc1OCc1ccccc1. The highest BCUT2D eigenvalue weighted by Gasteiger charge is 2.20. The van der Waals surface area contributed by atoms with E-state index in [1.54, 1.807) is 12.1 Å². The predicted molar refractivity (Wildman–Crippen MR) is 153 cm³/mol. The number of carbonyl (C=O) groups is 1. The molecule has 0 bridgehead atoms. The summed E-state index contributed by atoms with van der Waals surface area (Å²) in [5.74, 6) is 0.0299. The zero-order valence-corrected chi connectivity index (χ0v) is 21.5. The Morgan fingerprint density at radius 2 is 1.65 bits per heavy atom. The second-order valence-corrected chi connectivity index (χ2v) is 8.73. The smallest absolute Gasteiger partial charge is 0.282 e. The van der Waals surface area contributed by atoms with Gasteiger partial charge < -0.3 is 9.47 Å². The number of hydrogen-bond acceptors (Lipinski definition) is 7. The molecule has 40 heavy (non-hydrogen) atoms. The molecule has 5 rings (SSSR count). The van der Waals surface area contributed by atoms with Gasteiger partial charge in [0.1, 0.15) is 6.61 Å². The van der Waals surface area contributed by atoms with Crippen LogP contribution in [0.5, 0.6) is 11.5 Å². The first-order valence-electron chi connectivity index (χ1n) is 12.4. The number of nitro benzene ring substituents is 1. The fourth-order valence-electron chi connectivity index (χ4n) is 4.17. The molecule has 0 aliphatic carbocycles. The molecular formula is C31H24N4O5. The summed E-state index contributed by atoms with van der Waals surface area (Å²) < 4.78 is 11.2. The maximum absolute atomic E-state index is 13.2. The number of hydrazone groups is 1. The topological polar surface area (TPSA) is 116 Å². The number of pyridine rings is 1. The zero-order valence-electron chi connectivity index (χ0n) is 21.5. The van der Waals surface area contributed by atoms with E-state index in [4.69, 9.17) is 9.47 Å². The highest BCUT2D eigenvalue weighted by Crippen LogP contribution is 2.34. The lowest BCUT2D eigenvalue weighted by atomic mass is 10.0. The van der Waals surface area contributed by atoms with Gasteiger partial charge >= 0.3 is 0 Å². The molecule has 198 valence electrons. The molecule has 1 amide bonds. The van der Waals surface area contributed by atoms with Gasteiger partial charge in [-0.2, -0.15) is 5.10 Å². The van der Waals surface area contributed by atoms with E-state index in [2.05, 4.69) is 15.5 Å². The van der Waals surface area contributed by atoms with E-state index in [0.29, 0.717) is 27.9 Å². The second-order valence-electron chi connectivity index (χ2n) is 8.73. The Kier molecular flexibility index (Phi) is 7.73. The van der Waals surface area contributed by atoms with Crippen LogP contribution in [-0.4, -0.2) is 29.1 Å². The Morgan fingerprint density at radius 1 is 0.950 bits per heavy atom. The van der Waals surface area contributed by atoms with Crippen LogP contribution in [0.15, 0.2) is 108 Å². The molecule has 0 radical (unpaired) electrons. The van der Waals surface area contributed by atoms with Crippen molar-refractivity contribution in [3.8, 4) is 22.8 Å². The van der Waals surface area contributed by atoms with E-state index in [1.165, 1.54) is 25.5 Å². The van der Waals surface area contributed by atoms with Crippen molar-refractivity contribution in [1.29, 1.82) is 0 Å². The van der Waals surface area contributed by atoms with Gasteiger partial charge in [-0.15, -0.1) is 0 Å². The van der Waals surface area contributed by atoms with Crippen molar-refractivity contribution < 1.29 is 19.2 Å². The van der Waals surface area contributed by atoms with Crippen LogP contribution >= 0.6 is 0 Å². The first-order valence-corrected chi connectivity index (χ1v) is 12.4. The fourth-order valence-corrected chi connectivity index (χ4v) is 4.17. The summed E-state index contributed by atoms with van der Waals surface area (Å²) in [4.78, 5) is 29.2. The van der Waals surface area contributed by atoms with Gasteiger partial charge in [0, 0.05) is 10.9 Å². The van der Waals surface area contributed by atoms with Crippen LogP contribution in [0.25, 0.3) is 22.2 Å². The van der Waals surface area contributed by atoms with Crippen LogP contribution in [0.4, 0.5) is 5.69 Å². The number of benzene rings is 4. The number of para-hydroxylation sites is 1. The molecule has 0 spiro atoms. The number of ether oxygens (including phenoxy) is 2. The summed E-state index contributed by atoms with van der Waals surface area (Å²) in [6.07, 6.45) is 1.21. The molecule has 0 saturated carbocycles. The number of carbonyl (C=O) groups excluding carboxylic acids is 1. The third kappa shape index (κ3) is 5.78. The molecule has 0 atom stereocenters. The number of amides is 1. The van der Waals surface area contributed by atoms with Crippen molar-refractivity contribution in [2.24, 2.45) is 5.10 Å². The molecule has 0 aliphatic rings. The quantitative estimate of drug-likeness (QED) is 0.138. The molecule has 4 aromatic carbocycles. The monoisotopic (exact) mass is 532 g/mol. The van der Waals surface area contributed by atoms with Crippen molar-refractivity contribution in [2.75, 3.05) is 7.11 Å². The molecule has 0 unspecified atom stereocenters. The van der Waals surface area contributed by atoms with Gasteiger partial charge in [-0.25, -0.2) is 10.4 Å². The largest absolute Gasteiger partial charge is 0.493 e. The third-order valence-corrected chi connectivity index (χ3v) is 6.15. The number of nitrogens with zero attached hydrogens (tertiary/aromatic N) is 3. The summed E-state index contributed by atoms with van der Waals surface area (Å²) in [6.45, 7) is 0.211. The molecule has 9 heteroatoms. The van der Waals surface area contributed by atoms with E-state index in [9.17, 15) is 14.9 Å². The lowest BCUT2D eigenvalue weighted by molar-refractivity contribution is -0.385. The minimum Gasteiger partial charge on any atom is -0.493 e. The van der Waals surface area contributed by atoms with Gasteiger partial charge in [0.05, 0.1) is 46.7 Å². The average molecular weight is 533 g/mol. The normalized spacial score (nSPS) is 10.9. The molecule has 1 aromatic heterocycles. The molecule has 0 fully saturated rings. The van der Waals surface area contributed by atoms with Crippen molar-refractivity contribution in [1.82, 2.24) is 10.4 Å². The van der Waals surface area contributed by atoms with E-state index in [0.717, 1.165) is 11.1 Å². The average Bonchev–Trinajstić information content (AvgIpc) is 3.00. The molecule has 0 aliphatic heterocycles. The number of methoxy groups -OCH3 is 1. The molecule has 0 saturated heterocycles. The number of nitrogens with one attached hydrogen (secondary N) is 1. The molecule has 1 heterocycles. The summed E-state index contributed by atoms with van der Waals surface area (Å²) in [5.41, 5.74) is 5.82. The van der Waals surface area contributed by atoms with Gasteiger partial charge in [-0.3, -0.25) is 14.9 Å². The van der Waals surface area contributed by atoms with E-state index >= 15 is 0 Å². The fraction of sp³-hybridized carbons (Fsp3) is 0.0645. The molecular weight excluding hydrogens is 508 g/mol. The van der Waals surface area contributed by atoms with E-state index < -0.39 is 10.8 Å². The predicted octanol–water partition coefficient (Wildman–Crippen LogP) is 6.16. The highest BCUT2D eigenvalue weighted by molar-refractivity contribution is 6.07. The summed E-state index contributed by atoms with van der Waals surface area (Å²) in [5, 5.41) is 16.5. The number of hydrogen-bond donors (Lipinski definition) is 1. The van der Waals surface area contributed by atoms with Crippen molar-refractivity contribution in [2.45, 2.75) is 6.61 Å². The Bertz CT molecular complexity index is 1710. The van der Waals surface area contributed by atoms with Gasteiger partial charge in [0.15, 0.2) is 11.5 Å². The lowest BCUT2D eigenvalue weighted by Crippen LogP contribution is -2.18. The Morgan fingerprint density at radius 3 is 2.38 bits per heavy atom. The van der Waals surface area contributed by atoms with Crippen molar-refractivity contribution >= 4 is 28.7 Å².